The Bertz CT molecular complexity index is 785. The normalized spacial score (nSPS) is 21.6. The SMILES string of the molecule is COc1cc2[nH]c([C@H]3CC[C@H](CO[Si](C)(C)C(C)(C)C)CC3)cc2cc1Br. The van der Waals surface area contributed by atoms with Gasteiger partial charge in [0.25, 0.3) is 0 Å². The molecule has 0 amide bonds. The molecule has 1 aliphatic rings. The smallest absolute Gasteiger partial charge is 0.191 e. The van der Waals surface area contributed by atoms with E-state index in [1.165, 1.54) is 36.8 Å². The molecule has 1 N–H and O–H groups in total. The van der Waals surface area contributed by atoms with Gasteiger partial charge in [-0.2, -0.15) is 0 Å². The van der Waals surface area contributed by atoms with Crippen LogP contribution in [0.15, 0.2) is 22.7 Å². The van der Waals surface area contributed by atoms with E-state index in [0.29, 0.717) is 16.9 Å². The first-order chi connectivity index (χ1) is 12.6. The maximum Gasteiger partial charge on any atom is 0.191 e. The van der Waals surface area contributed by atoms with E-state index in [9.17, 15) is 0 Å². The minimum absolute atomic E-state index is 0.296. The Kier molecular flexibility index (Phi) is 6.14. The van der Waals surface area contributed by atoms with Crippen LogP contribution in [0.5, 0.6) is 5.75 Å². The summed E-state index contributed by atoms with van der Waals surface area (Å²) in [6.07, 6.45) is 5.02. The molecular weight excluding hydrogens is 418 g/mol. The molecule has 0 radical (unpaired) electrons. The van der Waals surface area contributed by atoms with E-state index in [1.54, 1.807) is 7.11 Å². The summed E-state index contributed by atoms with van der Waals surface area (Å²) in [7, 11) is 0.0822. The number of benzene rings is 1. The van der Waals surface area contributed by atoms with Crippen molar-refractivity contribution in [2.45, 2.75) is 70.5 Å². The van der Waals surface area contributed by atoms with Crippen molar-refractivity contribution in [1.82, 2.24) is 4.98 Å². The number of hydrogen-bond donors (Lipinski definition) is 1. The Balaban J connectivity index is 1.60. The minimum atomic E-state index is -1.63. The van der Waals surface area contributed by atoms with Gasteiger partial charge in [0.2, 0.25) is 0 Å². The number of halogens is 1. The van der Waals surface area contributed by atoms with Gasteiger partial charge in [0.15, 0.2) is 8.32 Å². The first kappa shape index (κ1) is 20.9. The molecule has 3 nitrogen and oxygen atoms in total. The largest absolute Gasteiger partial charge is 0.495 e. The van der Waals surface area contributed by atoms with Crippen LogP contribution in [-0.4, -0.2) is 27.0 Å². The van der Waals surface area contributed by atoms with E-state index in [1.807, 2.05) is 0 Å². The van der Waals surface area contributed by atoms with Gasteiger partial charge in [0, 0.05) is 29.3 Å². The quantitative estimate of drug-likeness (QED) is 0.486. The summed E-state index contributed by atoms with van der Waals surface area (Å²) in [4.78, 5) is 3.63. The predicted octanol–water partition coefficient (Wildman–Crippen LogP) is 7.23. The Hall–Kier alpha value is -0.783. The Morgan fingerprint density at radius 1 is 1.11 bits per heavy atom. The van der Waals surface area contributed by atoms with Gasteiger partial charge in [-0.25, -0.2) is 0 Å². The van der Waals surface area contributed by atoms with E-state index in [4.69, 9.17) is 9.16 Å². The third-order valence-corrected chi connectivity index (χ3v) is 11.8. The predicted molar refractivity (Wildman–Crippen MR) is 120 cm³/mol. The Labute approximate surface area is 173 Å². The zero-order valence-electron chi connectivity index (χ0n) is 17.6. The molecular formula is C22H34BrNO2Si. The molecule has 1 aromatic carbocycles. The highest BCUT2D eigenvalue weighted by Gasteiger charge is 2.38. The number of ether oxygens (including phenoxy) is 1. The van der Waals surface area contributed by atoms with E-state index in [0.717, 1.165) is 22.3 Å². The first-order valence-corrected chi connectivity index (χ1v) is 13.8. The van der Waals surface area contributed by atoms with Crippen molar-refractivity contribution >= 4 is 35.2 Å². The summed E-state index contributed by atoms with van der Waals surface area (Å²) in [6.45, 7) is 12.6. The van der Waals surface area contributed by atoms with Crippen LogP contribution < -0.4 is 4.74 Å². The number of rotatable bonds is 5. The summed E-state index contributed by atoms with van der Waals surface area (Å²) < 4.78 is 12.9. The number of fused-ring (bicyclic) bond motifs is 1. The van der Waals surface area contributed by atoms with Crippen molar-refractivity contribution in [3.05, 3.63) is 28.4 Å². The van der Waals surface area contributed by atoms with Crippen molar-refractivity contribution in [3.8, 4) is 5.75 Å². The highest BCUT2D eigenvalue weighted by atomic mass is 79.9. The summed E-state index contributed by atoms with van der Waals surface area (Å²) in [5.41, 5.74) is 2.53. The fourth-order valence-electron chi connectivity index (χ4n) is 3.71. The fraction of sp³-hybridized carbons (Fsp3) is 0.636. The van der Waals surface area contributed by atoms with Crippen LogP contribution in [-0.2, 0) is 4.43 Å². The van der Waals surface area contributed by atoms with Crippen molar-refractivity contribution < 1.29 is 9.16 Å². The van der Waals surface area contributed by atoms with Gasteiger partial charge in [0.1, 0.15) is 5.75 Å². The summed E-state index contributed by atoms with van der Waals surface area (Å²) in [5.74, 6) is 2.22. The molecule has 0 atom stereocenters. The third kappa shape index (κ3) is 4.62. The van der Waals surface area contributed by atoms with E-state index in [-0.39, 0.29) is 0 Å². The van der Waals surface area contributed by atoms with Crippen LogP contribution in [0.3, 0.4) is 0 Å². The van der Waals surface area contributed by atoms with Crippen LogP contribution in [0.4, 0.5) is 0 Å². The highest BCUT2D eigenvalue weighted by molar-refractivity contribution is 9.10. The molecule has 0 unspecified atom stereocenters. The topological polar surface area (TPSA) is 34.2 Å². The summed E-state index contributed by atoms with van der Waals surface area (Å²) in [6, 6.07) is 6.55. The van der Waals surface area contributed by atoms with Crippen LogP contribution in [0, 0.1) is 5.92 Å². The lowest BCUT2D eigenvalue weighted by atomic mass is 9.81. The molecule has 150 valence electrons. The average Bonchev–Trinajstić information content (AvgIpc) is 3.01. The minimum Gasteiger partial charge on any atom is -0.495 e. The second-order valence-corrected chi connectivity index (χ2v) is 15.3. The lowest BCUT2D eigenvalue weighted by Gasteiger charge is -2.38. The van der Waals surface area contributed by atoms with Crippen molar-refractivity contribution in [1.29, 1.82) is 0 Å². The fourth-order valence-corrected chi connectivity index (χ4v) is 5.32. The maximum absolute atomic E-state index is 6.47. The lowest BCUT2D eigenvalue weighted by molar-refractivity contribution is 0.185. The summed E-state index contributed by atoms with van der Waals surface area (Å²) >= 11 is 3.59. The second-order valence-electron chi connectivity index (χ2n) is 9.59. The molecule has 1 saturated carbocycles. The van der Waals surface area contributed by atoms with Crippen molar-refractivity contribution in [3.63, 3.8) is 0 Å². The van der Waals surface area contributed by atoms with Gasteiger partial charge < -0.3 is 14.1 Å². The molecule has 1 aliphatic carbocycles. The molecule has 0 bridgehead atoms. The number of nitrogens with one attached hydrogen (secondary N) is 1. The molecule has 0 saturated heterocycles. The van der Waals surface area contributed by atoms with E-state index in [2.05, 4.69) is 73.0 Å². The Morgan fingerprint density at radius 3 is 2.37 bits per heavy atom. The van der Waals surface area contributed by atoms with Crippen LogP contribution in [0.1, 0.15) is 58.1 Å². The molecule has 2 aromatic rings. The van der Waals surface area contributed by atoms with Crippen molar-refractivity contribution in [2.24, 2.45) is 5.92 Å². The molecule has 0 spiro atoms. The number of aromatic amines is 1. The number of hydrogen-bond acceptors (Lipinski definition) is 2. The zero-order valence-corrected chi connectivity index (χ0v) is 20.2. The molecule has 0 aliphatic heterocycles. The Morgan fingerprint density at radius 2 is 1.78 bits per heavy atom. The van der Waals surface area contributed by atoms with Crippen molar-refractivity contribution in [2.75, 3.05) is 13.7 Å². The van der Waals surface area contributed by atoms with Gasteiger partial charge in [-0.05, 0) is 83.7 Å². The lowest BCUT2D eigenvalue weighted by Crippen LogP contribution is -2.42. The van der Waals surface area contributed by atoms with Crippen LogP contribution >= 0.6 is 15.9 Å². The number of methoxy groups -OCH3 is 1. The van der Waals surface area contributed by atoms with Crippen LogP contribution in [0.25, 0.3) is 10.9 Å². The van der Waals surface area contributed by atoms with Gasteiger partial charge >= 0.3 is 0 Å². The first-order valence-electron chi connectivity index (χ1n) is 10.1. The molecule has 1 aromatic heterocycles. The molecule has 1 heterocycles. The maximum atomic E-state index is 6.47. The highest BCUT2D eigenvalue weighted by Crippen LogP contribution is 2.40. The summed E-state index contributed by atoms with van der Waals surface area (Å²) in [5, 5.41) is 1.55. The standard InChI is InChI=1S/C22H34BrNO2Si/c1-22(2,3)27(5,6)26-14-15-7-9-16(10-8-15)19-12-17-11-18(23)21(25-4)13-20(17)24-19/h11-13,15-16,24H,7-10,14H2,1-6H3/t15-,16-. The molecule has 3 rings (SSSR count). The average molecular weight is 453 g/mol. The number of aromatic nitrogens is 1. The van der Waals surface area contributed by atoms with Gasteiger partial charge in [-0.1, -0.05) is 20.8 Å². The molecule has 1 fully saturated rings. The zero-order chi connectivity index (χ0) is 19.8. The third-order valence-electron chi connectivity index (χ3n) is 6.69. The van der Waals surface area contributed by atoms with Gasteiger partial charge in [-0.15, -0.1) is 0 Å². The van der Waals surface area contributed by atoms with Gasteiger partial charge in [0.05, 0.1) is 11.6 Å². The van der Waals surface area contributed by atoms with E-state index < -0.39 is 8.32 Å². The van der Waals surface area contributed by atoms with E-state index >= 15 is 0 Å². The monoisotopic (exact) mass is 451 g/mol. The second kappa shape index (κ2) is 7.92. The molecule has 5 heteroatoms. The number of H-pyrrole nitrogens is 1. The molecule has 27 heavy (non-hydrogen) atoms. The van der Waals surface area contributed by atoms with Gasteiger partial charge in [-0.3, -0.25) is 0 Å². The van der Waals surface area contributed by atoms with Crippen LogP contribution in [0.2, 0.25) is 18.1 Å².